The van der Waals surface area contributed by atoms with Gasteiger partial charge in [0, 0.05) is 11.0 Å². The second-order valence-electron chi connectivity index (χ2n) is 8.79. The van der Waals surface area contributed by atoms with Crippen LogP contribution in [0.1, 0.15) is 56.8 Å². The van der Waals surface area contributed by atoms with Crippen LogP contribution in [0.3, 0.4) is 0 Å². The van der Waals surface area contributed by atoms with E-state index in [1.54, 1.807) is 39.0 Å². The molecule has 0 radical (unpaired) electrons. The molecule has 9 heteroatoms. The number of carbonyl (C=O) groups is 2. The Morgan fingerprint density at radius 2 is 1.90 bits per heavy atom. The van der Waals surface area contributed by atoms with Gasteiger partial charge >= 0.3 is 12.1 Å². The number of primary amides is 1. The van der Waals surface area contributed by atoms with Gasteiger partial charge in [0.05, 0.1) is 13.7 Å². The van der Waals surface area contributed by atoms with Gasteiger partial charge in [0.1, 0.15) is 0 Å². The molecule has 1 saturated carbocycles. The minimum atomic E-state index is -1.81. The van der Waals surface area contributed by atoms with Crippen LogP contribution >= 0.6 is 0 Å². The van der Waals surface area contributed by atoms with E-state index in [0.29, 0.717) is 29.6 Å². The smallest absolute Gasteiger partial charge is 0.405 e. The molecule has 0 saturated heterocycles. The maximum absolute atomic E-state index is 13.9. The highest BCUT2D eigenvalue weighted by atomic mass is 19.1. The van der Waals surface area contributed by atoms with Crippen LogP contribution in [0, 0.1) is 11.3 Å². The first kappa shape index (κ1) is 22.6. The Morgan fingerprint density at radius 3 is 2.42 bits per heavy atom. The predicted octanol–water partition coefficient (Wildman–Crippen LogP) is 4.61. The van der Waals surface area contributed by atoms with Crippen molar-refractivity contribution in [1.82, 2.24) is 4.98 Å². The van der Waals surface area contributed by atoms with E-state index in [1.807, 2.05) is 0 Å². The van der Waals surface area contributed by atoms with E-state index in [1.165, 1.54) is 14.0 Å². The average Bonchev–Trinajstić information content (AvgIpc) is 3.39. The van der Waals surface area contributed by atoms with Crippen molar-refractivity contribution in [2.24, 2.45) is 17.1 Å². The van der Waals surface area contributed by atoms with E-state index >= 15 is 0 Å². The van der Waals surface area contributed by atoms with Crippen LogP contribution in [0.2, 0.25) is 0 Å². The maximum atomic E-state index is 13.9. The standard InChI is InChI=1S/C22H27FN2O6/c1-21(2,3)22(4,31-20(24)27)17-16(18(23)26)25-19(30-17)13-8-9-14(28-5)15(10-13)29-11-12-6-7-12/h8-10,12H,6-7,11H2,1-5H3,(H2,24,27). The third-order valence-electron chi connectivity index (χ3n) is 5.56. The number of halogens is 1. The molecule has 1 aromatic heterocycles. The molecule has 31 heavy (non-hydrogen) atoms. The SMILES string of the molecule is COc1ccc(-c2nc(C(=O)F)c(C(C)(OC(N)=O)C(C)(C)C)o2)cc1OCC1CC1. The third kappa shape index (κ3) is 4.65. The highest BCUT2D eigenvalue weighted by Crippen LogP contribution is 2.45. The van der Waals surface area contributed by atoms with Crippen LogP contribution < -0.4 is 15.2 Å². The Bertz CT molecular complexity index is 992. The number of hydrogen-bond donors (Lipinski definition) is 1. The molecular weight excluding hydrogens is 407 g/mol. The van der Waals surface area contributed by atoms with Crippen LogP contribution in [-0.2, 0) is 10.3 Å². The van der Waals surface area contributed by atoms with Gasteiger partial charge in [-0.25, -0.2) is 9.78 Å². The van der Waals surface area contributed by atoms with Gasteiger partial charge in [0.15, 0.2) is 28.6 Å². The molecule has 1 amide bonds. The average molecular weight is 434 g/mol. The minimum Gasteiger partial charge on any atom is -0.493 e. The monoisotopic (exact) mass is 434 g/mol. The first-order valence-corrected chi connectivity index (χ1v) is 9.97. The van der Waals surface area contributed by atoms with Gasteiger partial charge in [0.2, 0.25) is 5.89 Å². The summed E-state index contributed by atoms with van der Waals surface area (Å²) in [6.45, 7) is 7.26. The molecule has 0 bridgehead atoms. The minimum absolute atomic E-state index is 0.0292. The Morgan fingerprint density at radius 1 is 1.23 bits per heavy atom. The fraction of sp³-hybridized carbons (Fsp3) is 0.500. The molecule has 0 spiro atoms. The molecular formula is C22H27FN2O6. The topological polar surface area (TPSA) is 114 Å². The maximum Gasteiger partial charge on any atom is 0.405 e. The zero-order valence-electron chi connectivity index (χ0n) is 18.3. The van der Waals surface area contributed by atoms with Crippen LogP contribution in [0.25, 0.3) is 11.5 Å². The van der Waals surface area contributed by atoms with E-state index in [2.05, 4.69) is 4.98 Å². The Kier molecular flexibility index (Phi) is 5.98. The summed E-state index contributed by atoms with van der Waals surface area (Å²) in [5, 5.41) is 0. The first-order chi connectivity index (χ1) is 14.5. The van der Waals surface area contributed by atoms with Gasteiger partial charge in [0.25, 0.3) is 0 Å². The van der Waals surface area contributed by atoms with Gasteiger partial charge in [-0.3, -0.25) is 4.79 Å². The number of carbonyl (C=O) groups excluding carboxylic acids is 2. The zero-order valence-corrected chi connectivity index (χ0v) is 18.3. The Labute approximate surface area is 179 Å². The molecule has 1 unspecified atom stereocenters. The zero-order chi connectivity index (χ0) is 23.0. The molecule has 8 nitrogen and oxygen atoms in total. The highest BCUT2D eigenvalue weighted by Gasteiger charge is 2.49. The number of aromatic nitrogens is 1. The number of oxazole rings is 1. The van der Waals surface area contributed by atoms with Crippen LogP contribution in [0.4, 0.5) is 9.18 Å². The van der Waals surface area contributed by atoms with E-state index in [-0.39, 0.29) is 11.7 Å². The Hall–Kier alpha value is -3.10. The second-order valence-corrected chi connectivity index (χ2v) is 8.79. The van der Waals surface area contributed by atoms with Crippen molar-refractivity contribution >= 4 is 12.1 Å². The van der Waals surface area contributed by atoms with Gasteiger partial charge in [-0.2, -0.15) is 4.39 Å². The quantitative estimate of drug-likeness (QED) is 0.604. The van der Waals surface area contributed by atoms with Crippen molar-refractivity contribution in [2.45, 2.75) is 46.1 Å². The molecule has 1 aromatic carbocycles. The summed E-state index contributed by atoms with van der Waals surface area (Å²) >= 11 is 0. The van der Waals surface area contributed by atoms with Crippen molar-refractivity contribution in [3.05, 3.63) is 29.7 Å². The van der Waals surface area contributed by atoms with Gasteiger partial charge in [-0.1, -0.05) is 20.8 Å². The first-order valence-electron chi connectivity index (χ1n) is 9.97. The summed E-state index contributed by atoms with van der Waals surface area (Å²) in [5.74, 6) is 1.27. The largest absolute Gasteiger partial charge is 0.493 e. The molecule has 3 rings (SSSR count). The van der Waals surface area contributed by atoms with E-state index in [9.17, 15) is 14.0 Å². The molecule has 168 valence electrons. The van der Waals surface area contributed by atoms with E-state index < -0.39 is 28.8 Å². The molecule has 2 N–H and O–H groups in total. The number of amides is 1. The lowest BCUT2D eigenvalue weighted by molar-refractivity contribution is -0.0708. The van der Waals surface area contributed by atoms with Crippen molar-refractivity contribution < 1.29 is 32.6 Å². The van der Waals surface area contributed by atoms with Crippen LogP contribution in [0.15, 0.2) is 22.6 Å². The van der Waals surface area contributed by atoms with Gasteiger partial charge < -0.3 is 24.4 Å². The molecule has 1 fully saturated rings. The summed E-state index contributed by atoms with van der Waals surface area (Å²) in [6, 6.07) is 3.15. The fourth-order valence-electron chi connectivity index (χ4n) is 3.06. The third-order valence-corrected chi connectivity index (χ3v) is 5.56. The summed E-state index contributed by atoms with van der Waals surface area (Å²) in [7, 11) is 1.53. The molecule has 1 heterocycles. The predicted molar refractivity (Wildman–Crippen MR) is 110 cm³/mol. The number of nitrogens with zero attached hydrogens (tertiary/aromatic N) is 1. The summed E-state index contributed by atoms with van der Waals surface area (Å²) in [6.07, 6.45) is 1.16. The Balaban J connectivity index is 2.08. The molecule has 1 atom stereocenters. The van der Waals surface area contributed by atoms with Crippen molar-refractivity contribution in [2.75, 3.05) is 13.7 Å². The number of nitrogens with two attached hydrogens (primary N) is 1. The highest BCUT2D eigenvalue weighted by molar-refractivity contribution is 5.88. The lowest BCUT2D eigenvalue weighted by Gasteiger charge is -2.38. The van der Waals surface area contributed by atoms with Gasteiger partial charge in [-0.15, -0.1) is 0 Å². The van der Waals surface area contributed by atoms with Crippen LogP contribution in [-0.4, -0.2) is 30.8 Å². The number of benzene rings is 1. The van der Waals surface area contributed by atoms with Gasteiger partial charge in [-0.05, 0) is 43.9 Å². The second kappa shape index (κ2) is 8.20. The lowest BCUT2D eigenvalue weighted by atomic mass is 9.75. The number of hydrogen-bond acceptors (Lipinski definition) is 7. The fourth-order valence-corrected chi connectivity index (χ4v) is 3.06. The number of methoxy groups -OCH3 is 1. The van der Waals surface area contributed by atoms with Crippen molar-refractivity contribution in [1.29, 1.82) is 0 Å². The molecule has 1 aliphatic rings. The summed E-state index contributed by atoms with van der Waals surface area (Å²) in [5.41, 5.74) is 2.74. The molecule has 2 aromatic rings. The molecule has 1 aliphatic carbocycles. The lowest BCUT2D eigenvalue weighted by Crippen LogP contribution is -2.43. The summed E-state index contributed by atoms with van der Waals surface area (Å²) in [4.78, 5) is 27.3. The summed E-state index contributed by atoms with van der Waals surface area (Å²) < 4.78 is 36.2. The number of ether oxygens (including phenoxy) is 3. The normalized spacial score (nSPS) is 15.8. The van der Waals surface area contributed by atoms with Crippen molar-refractivity contribution in [3.63, 3.8) is 0 Å². The molecule has 0 aliphatic heterocycles. The van der Waals surface area contributed by atoms with Crippen LogP contribution in [0.5, 0.6) is 11.5 Å². The van der Waals surface area contributed by atoms with E-state index in [4.69, 9.17) is 24.4 Å². The number of rotatable bonds is 8. The van der Waals surface area contributed by atoms with Crippen molar-refractivity contribution in [3.8, 4) is 23.0 Å². The van der Waals surface area contributed by atoms with E-state index in [0.717, 1.165) is 12.8 Å².